The number of pyridine rings is 1. The fourth-order valence-electron chi connectivity index (χ4n) is 2.70. The van der Waals surface area contributed by atoms with Gasteiger partial charge in [-0.15, -0.1) is 0 Å². The van der Waals surface area contributed by atoms with E-state index in [-0.39, 0.29) is 17.9 Å². The van der Waals surface area contributed by atoms with Crippen LogP contribution in [0.25, 0.3) is 0 Å². The van der Waals surface area contributed by atoms with Crippen LogP contribution in [-0.2, 0) is 16.1 Å². The van der Waals surface area contributed by atoms with Gasteiger partial charge < -0.3 is 10.6 Å². The van der Waals surface area contributed by atoms with Crippen molar-refractivity contribution in [1.82, 2.24) is 15.6 Å². The summed E-state index contributed by atoms with van der Waals surface area (Å²) in [5.74, 6) is -0.397. The van der Waals surface area contributed by atoms with Gasteiger partial charge in [0.05, 0.1) is 6.04 Å². The SMILES string of the molecule is CC(NC(=O)C1(C(=O)NCc2cccnc2)CC1)c1ccccc1. The Bertz CT molecular complexity index is 712. The molecular weight excluding hydrogens is 302 g/mol. The quantitative estimate of drug-likeness (QED) is 0.802. The normalized spacial score (nSPS) is 16.0. The van der Waals surface area contributed by atoms with Crippen LogP contribution in [-0.4, -0.2) is 16.8 Å². The van der Waals surface area contributed by atoms with E-state index in [1.54, 1.807) is 12.4 Å². The fourth-order valence-corrected chi connectivity index (χ4v) is 2.70. The number of nitrogens with one attached hydrogen (secondary N) is 2. The summed E-state index contributed by atoms with van der Waals surface area (Å²) in [7, 11) is 0. The predicted octanol–water partition coefficient (Wildman–Crippen LogP) is 2.36. The molecule has 2 aromatic rings. The first kappa shape index (κ1) is 16.2. The summed E-state index contributed by atoms with van der Waals surface area (Å²) in [5.41, 5.74) is 1.03. The number of nitrogens with zero attached hydrogens (tertiary/aromatic N) is 1. The molecular formula is C19H21N3O2. The third-order valence-corrected chi connectivity index (χ3v) is 4.44. The van der Waals surface area contributed by atoms with Crippen molar-refractivity contribution in [3.05, 3.63) is 66.0 Å². The maximum absolute atomic E-state index is 12.6. The minimum absolute atomic E-state index is 0.123. The van der Waals surface area contributed by atoms with E-state index in [1.807, 2.05) is 49.4 Å². The first-order chi connectivity index (χ1) is 11.6. The van der Waals surface area contributed by atoms with Gasteiger partial charge in [-0.3, -0.25) is 14.6 Å². The lowest BCUT2D eigenvalue weighted by Crippen LogP contribution is -2.43. The molecule has 1 unspecified atom stereocenters. The summed E-state index contributed by atoms with van der Waals surface area (Å²) in [6.07, 6.45) is 4.59. The summed E-state index contributed by atoms with van der Waals surface area (Å²) < 4.78 is 0. The van der Waals surface area contributed by atoms with Crippen LogP contribution in [0.3, 0.4) is 0 Å². The molecule has 1 aromatic carbocycles. The zero-order valence-corrected chi connectivity index (χ0v) is 13.7. The number of aromatic nitrogens is 1. The largest absolute Gasteiger partial charge is 0.351 e. The Morgan fingerprint density at radius 1 is 1.12 bits per heavy atom. The van der Waals surface area contributed by atoms with Gasteiger partial charge in [0.15, 0.2) is 0 Å². The monoisotopic (exact) mass is 323 g/mol. The van der Waals surface area contributed by atoms with Crippen molar-refractivity contribution in [2.45, 2.75) is 32.4 Å². The van der Waals surface area contributed by atoms with Crippen LogP contribution in [0.4, 0.5) is 0 Å². The number of benzene rings is 1. The highest BCUT2D eigenvalue weighted by atomic mass is 16.2. The third kappa shape index (κ3) is 3.45. The fraction of sp³-hybridized carbons (Fsp3) is 0.316. The number of carbonyl (C=O) groups excluding carboxylic acids is 2. The van der Waals surface area contributed by atoms with Gasteiger partial charge in [0.2, 0.25) is 11.8 Å². The van der Waals surface area contributed by atoms with Gasteiger partial charge in [-0.05, 0) is 37.0 Å². The molecule has 124 valence electrons. The van der Waals surface area contributed by atoms with Crippen LogP contribution < -0.4 is 10.6 Å². The highest BCUT2D eigenvalue weighted by molar-refractivity contribution is 6.07. The van der Waals surface area contributed by atoms with Crippen molar-refractivity contribution in [2.24, 2.45) is 5.41 Å². The van der Waals surface area contributed by atoms with Gasteiger partial charge in [-0.1, -0.05) is 36.4 Å². The molecule has 1 fully saturated rings. The van der Waals surface area contributed by atoms with Crippen molar-refractivity contribution in [1.29, 1.82) is 0 Å². The summed E-state index contributed by atoms with van der Waals surface area (Å²) in [6, 6.07) is 13.3. The smallest absolute Gasteiger partial charge is 0.236 e. The Labute approximate surface area is 141 Å². The molecule has 0 spiro atoms. The number of hydrogen-bond donors (Lipinski definition) is 2. The van der Waals surface area contributed by atoms with Crippen LogP contribution >= 0.6 is 0 Å². The predicted molar refractivity (Wildman–Crippen MR) is 90.8 cm³/mol. The second-order valence-corrected chi connectivity index (χ2v) is 6.23. The molecule has 0 bridgehead atoms. The Morgan fingerprint density at radius 2 is 1.88 bits per heavy atom. The van der Waals surface area contributed by atoms with Crippen molar-refractivity contribution in [3.63, 3.8) is 0 Å². The molecule has 5 nitrogen and oxygen atoms in total. The molecule has 0 aliphatic heterocycles. The van der Waals surface area contributed by atoms with Crippen LogP contribution in [0.2, 0.25) is 0 Å². The van der Waals surface area contributed by atoms with Gasteiger partial charge in [0.25, 0.3) is 0 Å². The highest BCUT2D eigenvalue weighted by Gasteiger charge is 2.56. The molecule has 5 heteroatoms. The van der Waals surface area contributed by atoms with E-state index in [2.05, 4.69) is 15.6 Å². The van der Waals surface area contributed by atoms with E-state index < -0.39 is 5.41 Å². The first-order valence-corrected chi connectivity index (χ1v) is 8.15. The highest BCUT2D eigenvalue weighted by Crippen LogP contribution is 2.46. The summed E-state index contributed by atoms with van der Waals surface area (Å²) in [4.78, 5) is 29.1. The molecule has 3 rings (SSSR count). The van der Waals surface area contributed by atoms with Crippen LogP contribution in [0, 0.1) is 5.41 Å². The second kappa shape index (κ2) is 6.83. The van der Waals surface area contributed by atoms with Crippen molar-refractivity contribution in [3.8, 4) is 0 Å². The van der Waals surface area contributed by atoms with Crippen molar-refractivity contribution < 1.29 is 9.59 Å². The Kier molecular flexibility index (Phi) is 4.60. The number of hydrogen-bond acceptors (Lipinski definition) is 3. The van der Waals surface area contributed by atoms with Crippen LogP contribution in [0.15, 0.2) is 54.9 Å². The topological polar surface area (TPSA) is 71.1 Å². The first-order valence-electron chi connectivity index (χ1n) is 8.15. The van der Waals surface area contributed by atoms with Crippen LogP contribution in [0.5, 0.6) is 0 Å². The summed E-state index contributed by atoms with van der Waals surface area (Å²) in [6.45, 7) is 2.31. The summed E-state index contributed by atoms with van der Waals surface area (Å²) in [5, 5.41) is 5.82. The second-order valence-electron chi connectivity index (χ2n) is 6.23. The van der Waals surface area contributed by atoms with E-state index in [9.17, 15) is 9.59 Å². The zero-order chi connectivity index (χ0) is 17.0. The van der Waals surface area contributed by atoms with Crippen molar-refractivity contribution in [2.75, 3.05) is 0 Å². The average molecular weight is 323 g/mol. The third-order valence-electron chi connectivity index (χ3n) is 4.44. The van der Waals surface area contributed by atoms with E-state index in [4.69, 9.17) is 0 Å². The summed E-state index contributed by atoms with van der Waals surface area (Å²) >= 11 is 0. The number of carbonyl (C=O) groups is 2. The maximum Gasteiger partial charge on any atom is 0.236 e. The van der Waals surface area contributed by atoms with Gasteiger partial charge in [0, 0.05) is 18.9 Å². The van der Waals surface area contributed by atoms with Gasteiger partial charge in [-0.2, -0.15) is 0 Å². The average Bonchev–Trinajstić information content (AvgIpc) is 3.43. The van der Waals surface area contributed by atoms with Gasteiger partial charge in [-0.25, -0.2) is 0 Å². The molecule has 1 aromatic heterocycles. The molecule has 1 saturated carbocycles. The minimum atomic E-state index is -0.911. The molecule has 2 amide bonds. The van der Waals surface area contributed by atoms with Crippen molar-refractivity contribution >= 4 is 11.8 Å². The van der Waals surface area contributed by atoms with E-state index >= 15 is 0 Å². The Hall–Kier alpha value is -2.69. The van der Waals surface area contributed by atoms with Gasteiger partial charge >= 0.3 is 0 Å². The Morgan fingerprint density at radius 3 is 2.50 bits per heavy atom. The molecule has 1 heterocycles. The minimum Gasteiger partial charge on any atom is -0.351 e. The lowest BCUT2D eigenvalue weighted by atomic mass is 10.0. The molecule has 1 aliphatic rings. The molecule has 1 atom stereocenters. The molecule has 1 aliphatic carbocycles. The lowest BCUT2D eigenvalue weighted by molar-refractivity contribution is -0.137. The molecule has 2 N–H and O–H groups in total. The van der Waals surface area contributed by atoms with Crippen LogP contribution in [0.1, 0.15) is 36.9 Å². The maximum atomic E-state index is 12.6. The molecule has 0 radical (unpaired) electrons. The van der Waals surface area contributed by atoms with E-state index in [0.717, 1.165) is 11.1 Å². The number of rotatable bonds is 6. The van der Waals surface area contributed by atoms with E-state index in [1.165, 1.54) is 0 Å². The lowest BCUT2D eigenvalue weighted by Gasteiger charge is -2.19. The van der Waals surface area contributed by atoms with Gasteiger partial charge in [0.1, 0.15) is 5.41 Å². The van der Waals surface area contributed by atoms with E-state index in [0.29, 0.717) is 19.4 Å². The standard InChI is InChI=1S/C19H21N3O2/c1-14(16-7-3-2-4-8-16)22-18(24)19(9-10-19)17(23)21-13-15-6-5-11-20-12-15/h2-8,11-12,14H,9-10,13H2,1H3,(H,21,23)(H,22,24). The molecule has 24 heavy (non-hydrogen) atoms. The number of amides is 2. The molecule has 0 saturated heterocycles. The zero-order valence-electron chi connectivity index (χ0n) is 13.7. The Balaban J connectivity index is 1.58.